The number of hydrogen-bond acceptors (Lipinski definition) is 6. The number of nitrogens with zero attached hydrogens (tertiary/aromatic N) is 4. The Labute approximate surface area is 154 Å². The number of nitro groups is 1. The van der Waals surface area contributed by atoms with Crippen LogP contribution in [0.5, 0.6) is 5.75 Å². The van der Waals surface area contributed by atoms with Crippen LogP contribution in [0.1, 0.15) is 16.2 Å². The van der Waals surface area contributed by atoms with Crippen molar-refractivity contribution < 1.29 is 14.5 Å². The maximum atomic E-state index is 12.3. The largest absolute Gasteiger partial charge is 0.497 e. The minimum Gasteiger partial charge on any atom is -0.497 e. The number of methoxy groups -OCH3 is 1. The summed E-state index contributed by atoms with van der Waals surface area (Å²) in [6.07, 6.45) is 0. The molecule has 0 spiro atoms. The molecular weight excluding hydrogens is 352 g/mol. The van der Waals surface area contributed by atoms with E-state index >= 15 is 0 Å². The zero-order valence-corrected chi connectivity index (χ0v) is 14.8. The normalized spacial score (nSPS) is 10.6. The monoisotopic (exact) mass is 370 g/mol. The summed E-state index contributed by atoms with van der Waals surface area (Å²) in [5, 5.41) is 24.2. The van der Waals surface area contributed by atoms with Crippen molar-refractivity contribution in [1.82, 2.24) is 25.3 Å². The molecule has 3 aromatic rings. The lowest BCUT2D eigenvalue weighted by Crippen LogP contribution is -2.28. The van der Waals surface area contributed by atoms with Crippen LogP contribution in [0.3, 0.4) is 0 Å². The second-order valence-electron chi connectivity index (χ2n) is 5.78. The summed E-state index contributed by atoms with van der Waals surface area (Å²) in [6.45, 7) is 2.31. The molecule has 10 heteroatoms. The predicted molar refractivity (Wildman–Crippen MR) is 96.5 cm³/mol. The summed E-state index contributed by atoms with van der Waals surface area (Å²) in [5.74, 6) is 0.163. The van der Waals surface area contributed by atoms with E-state index in [9.17, 15) is 14.9 Å². The fourth-order valence-corrected chi connectivity index (χ4v) is 2.55. The van der Waals surface area contributed by atoms with Crippen LogP contribution in [0, 0.1) is 17.0 Å². The average Bonchev–Trinajstić information content (AvgIpc) is 3.29. The predicted octanol–water partition coefficient (Wildman–Crippen LogP) is 1.93. The molecule has 2 aromatic heterocycles. The molecule has 0 aliphatic rings. The van der Waals surface area contributed by atoms with Gasteiger partial charge in [-0.15, -0.1) is 0 Å². The number of H-pyrrole nitrogens is 1. The van der Waals surface area contributed by atoms with E-state index in [-0.39, 0.29) is 18.3 Å². The lowest BCUT2D eigenvalue weighted by atomic mass is 10.1. The zero-order valence-electron chi connectivity index (χ0n) is 14.8. The molecular formula is C17H18N6O4. The maximum absolute atomic E-state index is 12.3. The number of carbonyl (C=O) groups excluding carboxylic acids is 1. The Kier molecular flexibility index (Phi) is 5.15. The molecule has 0 saturated heterocycles. The molecule has 0 fully saturated rings. The molecule has 2 heterocycles. The Balaban J connectivity index is 1.60. The summed E-state index contributed by atoms with van der Waals surface area (Å²) < 4.78 is 6.66. The first-order valence-electron chi connectivity index (χ1n) is 8.15. The Morgan fingerprint density at radius 1 is 1.37 bits per heavy atom. The van der Waals surface area contributed by atoms with Crippen LogP contribution < -0.4 is 10.1 Å². The van der Waals surface area contributed by atoms with Gasteiger partial charge in [-0.05, 0) is 30.0 Å². The molecule has 0 bridgehead atoms. The van der Waals surface area contributed by atoms with Crippen molar-refractivity contribution in [3.8, 4) is 17.0 Å². The van der Waals surface area contributed by atoms with Crippen LogP contribution in [0.15, 0.2) is 36.4 Å². The van der Waals surface area contributed by atoms with Gasteiger partial charge in [0.1, 0.15) is 11.4 Å². The number of hydrogen-bond donors (Lipinski definition) is 2. The van der Waals surface area contributed by atoms with E-state index in [1.54, 1.807) is 20.1 Å². The van der Waals surface area contributed by atoms with Crippen molar-refractivity contribution in [3.05, 3.63) is 57.9 Å². The molecule has 0 atom stereocenters. The van der Waals surface area contributed by atoms with Crippen LogP contribution in [0.4, 0.5) is 5.82 Å². The van der Waals surface area contributed by atoms with Gasteiger partial charge >= 0.3 is 5.82 Å². The molecule has 3 rings (SSSR count). The highest BCUT2D eigenvalue weighted by atomic mass is 16.6. The zero-order chi connectivity index (χ0) is 19.4. The van der Waals surface area contributed by atoms with Gasteiger partial charge in [0.2, 0.25) is 0 Å². The molecule has 1 amide bonds. The third kappa shape index (κ3) is 4.11. The van der Waals surface area contributed by atoms with Crippen molar-refractivity contribution in [2.75, 3.05) is 13.7 Å². The minimum atomic E-state index is -0.549. The molecule has 0 radical (unpaired) electrons. The number of rotatable bonds is 7. The fourth-order valence-electron chi connectivity index (χ4n) is 2.55. The highest BCUT2D eigenvalue weighted by molar-refractivity contribution is 5.93. The van der Waals surface area contributed by atoms with Crippen molar-refractivity contribution >= 4 is 11.7 Å². The third-order valence-corrected chi connectivity index (χ3v) is 3.95. The van der Waals surface area contributed by atoms with Crippen LogP contribution in [-0.2, 0) is 6.54 Å². The summed E-state index contributed by atoms with van der Waals surface area (Å²) >= 11 is 0. The molecule has 10 nitrogen and oxygen atoms in total. The van der Waals surface area contributed by atoms with Gasteiger partial charge in [0.15, 0.2) is 0 Å². The highest BCUT2D eigenvalue weighted by Gasteiger charge is 2.16. The van der Waals surface area contributed by atoms with E-state index in [1.807, 2.05) is 24.3 Å². The van der Waals surface area contributed by atoms with Crippen molar-refractivity contribution in [1.29, 1.82) is 0 Å². The summed E-state index contributed by atoms with van der Waals surface area (Å²) in [7, 11) is 1.58. The van der Waals surface area contributed by atoms with Gasteiger partial charge < -0.3 is 20.2 Å². The maximum Gasteiger partial charge on any atom is 0.390 e. The lowest BCUT2D eigenvalue weighted by molar-refractivity contribution is -0.389. The van der Waals surface area contributed by atoms with E-state index in [2.05, 4.69) is 20.6 Å². The topological polar surface area (TPSA) is 128 Å². The lowest BCUT2D eigenvalue weighted by Gasteiger charge is -2.03. The second kappa shape index (κ2) is 7.68. The first-order valence-corrected chi connectivity index (χ1v) is 8.15. The second-order valence-corrected chi connectivity index (χ2v) is 5.78. The molecule has 27 heavy (non-hydrogen) atoms. The summed E-state index contributed by atoms with van der Waals surface area (Å²) in [4.78, 5) is 22.4. The standard InChI is InChI=1S/C17H18N6O4/c1-11-8-16(23(25)26)21-22(11)7-6-18-17(24)15-10-14(19-20-15)12-4-3-5-13(9-12)27-2/h3-5,8-10H,6-7H2,1-2H3,(H,18,24)(H,19,20). The Morgan fingerprint density at radius 3 is 2.89 bits per heavy atom. The number of benzene rings is 1. The van der Waals surface area contributed by atoms with Crippen molar-refractivity contribution in [3.63, 3.8) is 0 Å². The smallest absolute Gasteiger partial charge is 0.390 e. The van der Waals surface area contributed by atoms with Gasteiger partial charge in [0, 0.05) is 12.1 Å². The summed E-state index contributed by atoms with van der Waals surface area (Å²) in [5.41, 5.74) is 2.41. The fraction of sp³-hybridized carbons (Fsp3) is 0.235. The van der Waals surface area contributed by atoms with E-state index in [1.165, 1.54) is 10.7 Å². The Morgan fingerprint density at radius 2 is 2.19 bits per heavy atom. The van der Waals surface area contributed by atoms with Crippen LogP contribution in [-0.4, -0.2) is 44.5 Å². The Bertz CT molecular complexity index is 977. The average molecular weight is 370 g/mol. The first-order chi connectivity index (χ1) is 13.0. The molecule has 0 aliphatic heterocycles. The minimum absolute atomic E-state index is 0.213. The van der Waals surface area contributed by atoms with E-state index < -0.39 is 4.92 Å². The van der Waals surface area contributed by atoms with E-state index in [0.29, 0.717) is 29.4 Å². The number of amides is 1. The SMILES string of the molecule is COc1cccc(-c2cc(C(=O)NCCn3nc([N+](=O)[O-])cc3C)[nH]n2)c1. The molecule has 1 aromatic carbocycles. The molecule has 2 N–H and O–H groups in total. The van der Waals surface area contributed by atoms with Gasteiger partial charge in [-0.3, -0.25) is 9.89 Å². The molecule has 0 aliphatic carbocycles. The van der Waals surface area contributed by atoms with Crippen LogP contribution in [0.2, 0.25) is 0 Å². The van der Waals surface area contributed by atoms with Gasteiger partial charge in [-0.2, -0.15) is 9.78 Å². The molecule has 0 saturated carbocycles. The van der Waals surface area contributed by atoms with Gasteiger partial charge in [0.05, 0.1) is 36.2 Å². The van der Waals surface area contributed by atoms with E-state index in [0.717, 1.165) is 5.56 Å². The molecule has 140 valence electrons. The third-order valence-electron chi connectivity index (χ3n) is 3.95. The van der Waals surface area contributed by atoms with Gasteiger partial charge in [-0.1, -0.05) is 12.1 Å². The summed E-state index contributed by atoms with van der Waals surface area (Å²) in [6, 6.07) is 10.4. The number of carbonyl (C=O) groups is 1. The van der Waals surface area contributed by atoms with Gasteiger partial charge in [-0.25, -0.2) is 0 Å². The first kappa shape index (κ1) is 18.1. The number of aromatic amines is 1. The van der Waals surface area contributed by atoms with Crippen LogP contribution in [0.25, 0.3) is 11.3 Å². The number of aromatic nitrogens is 4. The Hall–Kier alpha value is -3.69. The quantitative estimate of drug-likeness (QED) is 0.483. The number of nitrogens with one attached hydrogen (secondary N) is 2. The number of aryl methyl sites for hydroxylation is 1. The van der Waals surface area contributed by atoms with Crippen LogP contribution >= 0.6 is 0 Å². The molecule has 0 unspecified atom stereocenters. The highest BCUT2D eigenvalue weighted by Crippen LogP contribution is 2.22. The number of ether oxygens (including phenoxy) is 1. The van der Waals surface area contributed by atoms with Crippen molar-refractivity contribution in [2.45, 2.75) is 13.5 Å². The van der Waals surface area contributed by atoms with Gasteiger partial charge in [0.25, 0.3) is 5.91 Å². The van der Waals surface area contributed by atoms with Crippen molar-refractivity contribution in [2.24, 2.45) is 0 Å². The van der Waals surface area contributed by atoms with E-state index in [4.69, 9.17) is 4.74 Å².